The van der Waals surface area contributed by atoms with Crippen LogP contribution in [0.5, 0.6) is 0 Å². The monoisotopic (exact) mass is 181 g/mol. The van der Waals surface area contributed by atoms with Crippen LogP contribution in [0, 0.1) is 17.8 Å². The lowest BCUT2D eigenvalue weighted by atomic mass is 9.72. The number of nitrogens with two attached hydrogens (primary N) is 1. The van der Waals surface area contributed by atoms with Crippen molar-refractivity contribution in [3.8, 4) is 0 Å². The van der Waals surface area contributed by atoms with Crippen molar-refractivity contribution in [3.05, 3.63) is 0 Å². The molecule has 0 aliphatic heterocycles. The van der Waals surface area contributed by atoms with Crippen LogP contribution < -0.4 is 5.73 Å². The van der Waals surface area contributed by atoms with Crippen LogP contribution in [0.3, 0.4) is 0 Å². The molecule has 0 heterocycles. The maximum absolute atomic E-state index is 6.57. The van der Waals surface area contributed by atoms with E-state index in [-0.39, 0.29) is 5.54 Å². The molecule has 4 unspecified atom stereocenters. The van der Waals surface area contributed by atoms with E-state index in [1.165, 1.54) is 38.5 Å². The second-order valence-corrected chi connectivity index (χ2v) is 5.38. The van der Waals surface area contributed by atoms with Crippen molar-refractivity contribution in [2.24, 2.45) is 23.5 Å². The second kappa shape index (κ2) is 3.27. The van der Waals surface area contributed by atoms with Gasteiger partial charge in [0.15, 0.2) is 0 Å². The van der Waals surface area contributed by atoms with Crippen molar-refractivity contribution >= 4 is 0 Å². The molecule has 76 valence electrons. The molecule has 0 radical (unpaired) electrons. The van der Waals surface area contributed by atoms with Gasteiger partial charge in [-0.1, -0.05) is 26.7 Å². The molecular weight excluding hydrogens is 158 g/mol. The summed E-state index contributed by atoms with van der Waals surface area (Å²) in [5.41, 5.74) is 6.80. The average Bonchev–Trinajstić information content (AvgIpc) is 2.64. The standard InChI is InChI=1S/C12H23N/c1-3-4-9(2)12(13)8-10-5-6-11(12)7-10/h9-11H,3-8,13H2,1-2H3. The van der Waals surface area contributed by atoms with Gasteiger partial charge in [0.05, 0.1) is 0 Å². The first-order valence-electron chi connectivity index (χ1n) is 5.95. The van der Waals surface area contributed by atoms with Crippen molar-refractivity contribution in [1.82, 2.24) is 0 Å². The van der Waals surface area contributed by atoms with Crippen LogP contribution >= 0.6 is 0 Å². The fourth-order valence-corrected chi connectivity index (χ4v) is 3.72. The quantitative estimate of drug-likeness (QED) is 0.711. The molecule has 2 N–H and O–H groups in total. The molecule has 0 saturated heterocycles. The molecule has 13 heavy (non-hydrogen) atoms. The van der Waals surface area contributed by atoms with Crippen LogP contribution in [0.4, 0.5) is 0 Å². The average molecular weight is 181 g/mol. The molecule has 0 aromatic rings. The summed E-state index contributed by atoms with van der Waals surface area (Å²) in [5, 5.41) is 0. The van der Waals surface area contributed by atoms with Crippen LogP contribution in [-0.4, -0.2) is 5.54 Å². The molecule has 0 amide bonds. The topological polar surface area (TPSA) is 26.0 Å². The van der Waals surface area contributed by atoms with Gasteiger partial charge in [0, 0.05) is 5.54 Å². The minimum atomic E-state index is 0.221. The number of hydrogen-bond donors (Lipinski definition) is 1. The second-order valence-electron chi connectivity index (χ2n) is 5.38. The van der Waals surface area contributed by atoms with Gasteiger partial charge >= 0.3 is 0 Å². The van der Waals surface area contributed by atoms with Gasteiger partial charge < -0.3 is 5.73 Å². The Morgan fingerprint density at radius 3 is 2.69 bits per heavy atom. The highest BCUT2D eigenvalue weighted by Crippen LogP contribution is 2.52. The minimum Gasteiger partial charge on any atom is -0.325 e. The molecule has 2 aliphatic carbocycles. The van der Waals surface area contributed by atoms with Gasteiger partial charge in [-0.3, -0.25) is 0 Å². The molecule has 0 spiro atoms. The highest BCUT2D eigenvalue weighted by Gasteiger charge is 2.50. The van der Waals surface area contributed by atoms with Gasteiger partial charge in [-0.15, -0.1) is 0 Å². The summed E-state index contributed by atoms with van der Waals surface area (Å²) in [5.74, 6) is 2.58. The normalized spacial score (nSPS) is 45.5. The highest BCUT2D eigenvalue weighted by molar-refractivity contribution is 5.06. The van der Waals surface area contributed by atoms with E-state index < -0.39 is 0 Å². The maximum Gasteiger partial charge on any atom is 0.0211 e. The van der Waals surface area contributed by atoms with E-state index in [1.807, 2.05) is 0 Å². The molecular formula is C12H23N. The Kier molecular flexibility index (Phi) is 2.39. The zero-order valence-corrected chi connectivity index (χ0v) is 9.05. The van der Waals surface area contributed by atoms with Gasteiger partial charge in [0.2, 0.25) is 0 Å². The summed E-state index contributed by atoms with van der Waals surface area (Å²) in [6, 6.07) is 0. The predicted octanol–water partition coefficient (Wildman–Crippen LogP) is 2.94. The predicted molar refractivity (Wildman–Crippen MR) is 56.4 cm³/mol. The largest absolute Gasteiger partial charge is 0.325 e. The van der Waals surface area contributed by atoms with E-state index in [0.29, 0.717) is 0 Å². The third kappa shape index (κ3) is 1.41. The van der Waals surface area contributed by atoms with Crippen LogP contribution in [0.2, 0.25) is 0 Å². The molecule has 2 aliphatic rings. The summed E-state index contributed by atoms with van der Waals surface area (Å²) in [7, 11) is 0. The Morgan fingerprint density at radius 1 is 1.46 bits per heavy atom. The van der Waals surface area contributed by atoms with Crippen molar-refractivity contribution in [1.29, 1.82) is 0 Å². The van der Waals surface area contributed by atoms with Crippen LogP contribution in [0.25, 0.3) is 0 Å². The number of hydrogen-bond acceptors (Lipinski definition) is 1. The first-order valence-corrected chi connectivity index (χ1v) is 5.95. The molecule has 0 aromatic heterocycles. The highest BCUT2D eigenvalue weighted by atomic mass is 14.8. The van der Waals surface area contributed by atoms with Crippen LogP contribution in [0.1, 0.15) is 52.4 Å². The van der Waals surface area contributed by atoms with Gasteiger partial charge in [-0.25, -0.2) is 0 Å². The first-order chi connectivity index (χ1) is 6.16. The maximum atomic E-state index is 6.57. The van der Waals surface area contributed by atoms with E-state index in [2.05, 4.69) is 13.8 Å². The summed E-state index contributed by atoms with van der Waals surface area (Å²) in [6.07, 6.45) is 8.23. The molecule has 4 atom stereocenters. The Hall–Kier alpha value is -0.0400. The van der Waals surface area contributed by atoms with Gasteiger partial charge in [0.25, 0.3) is 0 Å². The molecule has 2 saturated carbocycles. The van der Waals surface area contributed by atoms with E-state index >= 15 is 0 Å². The van der Waals surface area contributed by atoms with E-state index in [9.17, 15) is 0 Å². The summed E-state index contributed by atoms with van der Waals surface area (Å²) < 4.78 is 0. The molecule has 2 bridgehead atoms. The zero-order chi connectivity index (χ0) is 9.47. The van der Waals surface area contributed by atoms with Crippen molar-refractivity contribution in [3.63, 3.8) is 0 Å². The van der Waals surface area contributed by atoms with E-state index in [0.717, 1.165) is 17.8 Å². The molecule has 2 fully saturated rings. The van der Waals surface area contributed by atoms with Gasteiger partial charge in [0.1, 0.15) is 0 Å². The number of rotatable bonds is 3. The fraction of sp³-hybridized carbons (Fsp3) is 1.00. The van der Waals surface area contributed by atoms with Crippen LogP contribution in [-0.2, 0) is 0 Å². The smallest absolute Gasteiger partial charge is 0.0211 e. The van der Waals surface area contributed by atoms with E-state index in [1.54, 1.807) is 0 Å². The fourth-order valence-electron chi connectivity index (χ4n) is 3.72. The first kappa shape index (κ1) is 9.51. The summed E-state index contributed by atoms with van der Waals surface area (Å²) >= 11 is 0. The molecule has 1 nitrogen and oxygen atoms in total. The summed E-state index contributed by atoms with van der Waals surface area (Å²) in [4.78, 5) is 0. The Balaban J connectivity index is 2.04. The molecule has 1 heteroatoms. The van der Waals surface area contributed by atoms with E-state index in [4.69, 9.17) is 5.73 Å². The number of fused-ring (bicyclic) bond motifs is 2. The third-order valence-electron chi connectivity index (χ3n) is 4.58. The van der Waals surface area contributed by atoms with Gasteiger partial charge in [-0.2, -0.15) is 0 Å². The van der Waals surface area contributed by atoms with Crippen LogP contribution in [0.15, 0.2) is 0 Å². The molecule has 0 aromatic carbocycles. The SMILES string of the molecule is CCCC(C)C1(N)CC2CCC1C2. The third-order valence-corrected chi connectivity index (χ3v) is 4.58. The lowest BCUT2D eigenvalue weighted by molar-refractivity contribution is 0.178. The zero-order valence-electron chi connectivity index (χ0n) is 9.05. The Bertz CT molecular complexity index is 190. The minimum absolute atomic E-state index is 0.221. The van der Waals surface area contributed by atoms with Crippen molar-refractivity contribution < 1.29 is 0 Å². The van der Waals surface area contributed by atoms with Gasteiger partial charge in [-0.05, 0) is 43.4 Å². The molecule has 2 rings (SSSR count). The van der Waals surface area contributed by atoms with Crippen molar-refractivity contribution in [2.75, 3.05) is 0 Å². The summed E-state index contributed by atoms with van der Waals surface area (Å²) in [6.45, 7) is 4.64. The Labute approximate surface area is 82.1 Å². The lowest BCUT2D eigenvalue weighted by Gasteiger charge is -2.39. The van der Waals surface area contributed by atoms with Crippen molar-refractivity contribution in [2.45, 2.75) is 57.9 Å². The Morgan fingerprint density at radius 2 is 2.23 bits per heavy atom. The lowest BCUT2D eigenvalue weighted by Crippen LogP contribution is -2.50.